The predicted octanol–water partition coefficient (Wildman–Crippen LogP) is 3.79. The van der Waals surface area contributed by atoms with Crippen LogP contribution in [-0.4, -0.2) is 36.1 Å². The maximum atomic E-state index is 12.2. The molecule has 2 aromatic carbocycles. The number of hydrogen-bond donors (Lipinski definition) is 3. The van der Waals surface area contributed by atoms with E-state index in [0.717, 1.165) is 0 Å². The van der Waals surface area contributed by atoms with E-state index in [9.17, 15) is 19.2 Å². The number of esters is 1. The largest absolute Gasteiger partial charge is 0.452 e. The third-order valence-corrected chi connectivity index (χ3v) is 3.57. The fraction of sp³-hybridized carbons (Fsp3) is 0.273. The standard InChI is InChI=1S/C22H25N3O6/c1-14(26)23-16-8-10-17(11-9-16)24-19(27)13-30-20(28)15-6-5-7-18(12-15)25-21(29)31-22(2,3)4/h5-12H,13H2,1-4H3,(H,23,26)(H,24,27)(H,25,29). The summed E-state index contributed by atoms with van der Waals surface area (Å²) in [5.74, 6) is -1.44. The lowest BCUT2D eigenvalue weighted by Crippen LogP contribution is -2.27. The highest BCUT2D eigenvalue weighted by atomic mass is 16.6. The molecule has 0 spiro atoms. The minimum Gasteiger partial charge on any atom is -0.452 e. The van der Waals surface area contributed by atoms with E-state index in [0.29, 0.717) is 17.1 Å². The molecule has 2 aromatic rings. The fourth-order valence-corrected chi connectivity index (χ4v) is 2.40. The van der Waals surface area contributed by atoms with Crippen LogP contribution >= 0.6 is 0 Å². The Morgan fingerprint density at radius 2 is 1.45 bits per heavy atom. The van der Waals surface area contributed by atoms with Gasteiger partial charge in [0.1, 0.15) is 5.60 Å². The van der Waals surface area contributed by atoms with Gasteiger partial charge in [-0.3, -0.25) is 14.9 Å². The van der Waals surface area contributed by atoms with E-state index < -0.39 is 30.2 Å². The second-order valence-corrected chi connectivity index (χ2v) is 7.59. The lowest BCUT2D eigenvalue weighted by molar-refractivity contribution is -0.119. The number of hydrogen-bond acceptors (Lipinski definition) is 6. The second-order valence-electron chi connectivity index (χ2n) is 7.59. The van der Waals surface area contributed by atoms with Crippen molar-refractivity contribution in [2.75, 3.05) is 22.6 Å². The van der Waals surface area contributed by atoms with E-state index in [4.69, 9.17) is 9.47 Å². The van der Waals surface area contributed by atoms with Crippen LogP contribution in [0.15, 0.2) is 48.5 Å². The van der Waals surface area contributed by atoms with E-state index in [-0.39, 0.29) is 11.5 Å². The summed E-state index contributed by atoms with van der Waals surface area (Å²) in [4.78, 5) is 47.1. The van der Waals surface area contributed by atoms with Crippen molar-refractivity contribution in [3.8, 4) is 0 Å². The van der Waals surface area contributed by atoms with Gasteiger partial charge < -0.3 is 20.1 Å². The van der Waals surface area contributed by atoms with Gasteiger partial charge in [0.25, 0.3) is 5.91 Å². The Labute approximate surface area is 180 Å². The Kier molecular flexibility index (Phi) is 7.73. The predicted molar refractivity (Wildman–Crippen MR) is 116 cm³/mol. The van der Waals surface area contributed by atoms with Crippen LogP contribution in [0.1, 0.15) is 38.1 Å². The van der Waals surface area contributed by atoms with Crippen molar-refractivity contribution in [2.45, 2.75) is 33.3 Å². The Morgan fingerprint density at radius 1 is 0.839 bits per heavy atom. The van der Waals surface area contributed by atoms with Crippen LogP contribution in [0.4, 0.5) is 21.9 Å². The van der Waals surface area contributed by atoms with Gasteiger partial charge in [-0.2, -0.15) is 0 Å². The lowest BCUT2D eigenvalue weighted by atomic mass is 10.2. The number of carbonyl (C=O) groups excluding carboxylic acids is 4. The molecule has 0 atom stereocenters. The molecule has 9 heteroatoms. The molecule has 9 nitrogen and oxygen atoms in total. The maximum Gasteiger partial charge on any atom is 0.412 e. The third-order valence-electron chi connectivity index (χ3n) is 3.57. The molecule has 0 radical (unpaired) electrons. The number of anilines is 3. The normalized spacial score (nSPS) is 10.6. The van der Waals surface area contributed by atoms with Crippen LogP contribution in [0.5, 0.6) is 0 Å². The topological polar surface area (TPSA) is 123 Å². The first-order valence-electron chi connectivity index (χ1n) is 9.46. The molecule has 0 aliphatic carbocycles. The third kappa shape index (κ3) is 8.57. The number of carbonyl (C=O) groups is 4. The molecule has 164 valence electrons. The van der Waals surface area contributed by atoms with Gasteiger partial charge in [-0.05, 0) is 63.2 Å². The van der Waals surface area contributed by atoms with Gasteiger partial charge in [0, 0.05) is 24.0 Å². The van der Waals surface area contributed by atoms with Crippen molar-refractivity contribution >= 4 is 40.9 Å². The van der Waals surface area contributed by atoms with Crippen molar-refractivity contribution in [3.63, 3.8) is 0 Å². The van der Waals surface area contributed by atoms with E-state index in [1.807, 2.05) is 0 Å². The van der Waals surface area contributed by atoms with Gasteiger partial charge in [0.15, 0.2) is 6.61 Å². The van der Waals surface area contributed by atoms with Crippen LogP contribution in [-0.2, 0) is 19.1 Å². The average Bonchev–Trinajstić information content (AvgIpc) is 2.66. The minimum absolute atomic E-state index is 0.168. The molecule has 0 heterocycles. The van der Waals surface area contributed by atoms with Crippen molar-refractivity contribution in [1.29, 1.82) is 0 Å². The molecule has 0 aromatic heterocycles. The van der Waals surface area contributed by atoms with Crippen LogP contribution in [0, 0.1) is 0 Å². The molecule has 3 N–H and O–H groups in total. The molecule has 3 amide bonds. The minimum atomic E-state index is -0.719. The smallest absolute Gasteiger partial charge is 0.412 e. The molecule has 0 saturated heterocycles. The molecular formula is C22H25N3O6. The number of benzene rings is 2. The molecule has 0 unspecified atom stereocenters. The van der Waals surface area contributed by atoms with Crippen molar-refractivity contribution in [3.05, 3.63) is 54.1 Å². The summed E-state index contributed by atoms with van der Waals surface area (Å²) >= 11 is 0. The van der Waals surface area contributed by atoms with Crippen LogP contribution in [0.25, 0.3) is 0 Å². The Bertz CT molecular complexity index is 964. The highest BCUT2D eigenvalue weighted by Crippen LogP contribution is 2.15. The Morgan fingerprint density at radius 3 is 2.03 bits per heavy atom. The van der Waals surface area contributed by atoms with E-state index in [1.54, 1.807) is 57.2 Å². The molecular weight excluding hydrogens is 402 g/mol. The van der Waals surface area contributed by atoms with Gasteiger partial charge in [-0.15, -0.1) is 0 Å². The summed E-state index contributed by atoms with van der Waals surface area (Å²) in [6.45, 7) is 6.12. The monoisotopic (exact) mass is 427 g/mol. The molecule has 0 bridgehead atoms. The van der Waals surface area contributed by atoms with Crippen molar-refractivity contribution in [1.82, 2.24) is 0 Å². The zero-order valence-corrected chi connectivity index (χ0v) is 17.8. The van der Waals surface area contributed by atoms with E-state index in [1.165, 1.54) is 19.1 Å². The van der Waals surface area contributed by atoms with Gasteiger partial charge in [0.2, 0.25) is 5.91 Å². The van der Waals surface area contributed by atoms with Crippen LogP contribution < -0.4 is 16.0 Å². The first-order valence-corrected chi connectivity index (χ1v) is 9.46. The zero-order valence-electron chi connectivity index (χ0n) is 17.8. The molecule has 0 aliphatic heterocycles. The first-order chi connectivity index (χ1) is 14.5. The van der Waals surface area contributed by atoms with Gasteiger partial charge in [0.05, 0.1) is 5.56 Å². The van der Waals surface area contributed by atoms with E-state index >= 15 is 0 Å². The molecule has 0 aliphatic rings. The summed E-state index contributed by atoms with van der Waals surface area (Å²) in [5.41, 5.74) is 0.946. The van der Waals surface area contributed by atoms with Gasteiger partial charge in [-0.25, -0.2) is 9.59 Å². The summed E-state index contributed by atoms with van der Waals surface area (Å²) in [6, 6.07) is 12.6. The highest BCUT2D eigenvalue weighted by molar-refractivity contribution is 5.97. The summed E-state index contributed by atoms with van der Waals surface area (Å²) in [7, 11) is 0. The number of ether oxygens (including phenoxy) is 2. The first kappa shape index (κ1) is 23.4. The van der Waals surface area contributed by atoms with Gasteiger partial charge >= 0.3 is 12.1 Å². The lowest BCUT2D eigenvalue weighted by Gasteiger charge is -2.19. The molecule has 0 fully saturated rings. The fourth-order valence-electron chi connectivity index (χ4n) is 2.40. The summed E-state index contributed by atoms with van der Waals surface area (Å²) in [6.07, 6.45) is -0.651. The molecule has 0 saturated carbocycles. The molecule has 2 rings (SSSR count). The van der Waals surface area contributed by atoms with Crippen LogP contribution in [0.3, 0.4) is 0 Å². The van der Waals surface area contributed by atoms with Crippen molar-refractivity contribution in [2.24, 2.45) is 0 Å². The number of nitrogens with one attached hydrogen (secondary N) is 3. The quantitative estimate of drug-likeness (QED) is 0.603. The zero-order chi connectivity index (χ0) is 23.0. The SMILES string of the molecule is CC(=O)Nc1ccc(NC(=O)COC(=O)c2cccc(NC(=O)OC(C)(C)C)c2)cc1. The van der Waals surface area contributed by atoms with Crippen LogP contribution in [0.2, 0.25) is 0 Å². The highest BCUT2D eigenvalue weighted by Gasteiger charge is 2.17. The van der Waals surface area contributed by atoms with Crippen molar-refractivity contribution < 1.29 is 28.7 Å². The molecule has 31 heavy (non-hydrogen) atoms. The van der Waals surface area contributed by atoms with Gasteiger partial charge in [-0.1, -0.05) is 6.07 Å². The van der Waals surface area contributed by atoms with E-state index in [2.05, 4.69) is 16.0 Å². The average molecular weight is 427 g/mol. The Hall–Kier alpha value is -3.88. The summed E-state index contributed by atoms with van der Waals surface area (Å²) in [5, 5.41) is 7.73. The maximum absolute atomic E-state index is 12.2. The Balaban J connectivity index is 1.87. The number of rotatable bonds is 6. The number of amides is 3. The summed E-state index contributed by atoms with van der Waals surface area (Å²) < 4.78 is 10.2. The second kappa shape index (κ2) is 10.2.